The molecule has 0 unspecified atom stereocenters. The number of hydrogen-bond acceptors (Lipinski definition) is 4. The highest BCUT2D eigenvalue weighted by Crippen LogP contribution is 2.27. The summed E-state index contributed by atoms with van der Waals surface area (Å²) in [5.41, 5.74) is 0.807. The maximum absolute atomic E-state index is 12.2. The van der Waals surface area contributed by atoms with Crippen LogP contribution in [0.15, 0.2) is 18.2 Å². The molecule has 2 amide bonds. The van der Waals surface area contributed by atoms with E-state index in [9.17, 15) is 9.59 Å². The normalized spacial score (nSPS) is 10.3. The second kappa shape index (κ2) is 8.26. The van der Waals surface area contributed by atoms with Crippen LogP contribution in [0.25, 0.3) is 0 Å². The molecule has 0 heterocycles. The van der Waals surface area contributed by atoms with Crippen LogP contribution in [0.4, 0.5) is 10.5 Å². The molecule has 1 rings (SSSR count). The number of ether oxygens (including phenoxy) is 2. The van der Waals surface area contributed by atoms with Gasteiger partial charge in [0.15, 0.2) is 0 Å². The third kappa shape index (κ3) is 4.65. The molecular weight excluding hydrogens is 284 g/mol. The van der Waals surface area contributed by atoms with Crippen LogP contribution in [0.3, 0.4) is 0 Å². The van der Waals surface area contributed by atoms with Gasteiger partial charge < -0.3 is 19.7 Å². The minimum absolute atomic E-state index is 0.0481. The molecule has 0 aromatic heterocycles. The van der Waals surface area contributed by atoms with Crippen LogP contribution in [0, 0.1) is 0 Å². The summed E-state index contributed by atoms with van der Waals surface area (Å²) in [6.07, 6.45) is -0.0481. The van der Waals surface area contributed by atoms with Crippen LogP contribution in [0.1, 0.15) is 38.1 Å². The molecule has 6 nitrogen and oxygen atoms in total. The van der Waals surface area contributed by atoms with Gasteiger partial charge in [-0.15, -0.1) is 0 Å². The molecule has 1 aromatic carbocycles. The van der Waals surface area contributed by atoms with Gasteiger partial charge >= 0.3 is 12.0 Å². The van der Waals surface area contributed by atoms with Crippen LogP contribution in [0.5, 0.6) is 5.75 Å². The summed E-state index contributed by atoms with van der Waals surface area (Å²) in [6.45, 7) is 8.78. The Kier molecular flexibility index (Phi) is 6.69. The van der Waals surface area contributed by atoms with E-state index in [1.807, 2.05) is 27.7 Å². The number of nitrogens with zero attached hydrogens (tertiary/aromatic N) is 1. The maximum atomic E-state index is 12.2. The lowest BCUT2D eigenvalue weighted by Crippen LogP contribution is -2.34. The summed E-state index contributed by atoms with van der Waals surface area (Å²) < 4.78 is 10.4. The number of methoxy groups -OCH3 is 1. The Balaban J connectivity index is 3.10. The number of esters is 1. The first-order valence-electron chi connectivity index (χ1n) is 7.37. The van der Waals surface area contributed by atoms with Gasteiger partial charge in [0.2, 0.25) is 0 Å². The van der Waals surface area contributed by atoms with Gasteiger partial charge in [0, 0.05) is 13.1 Å². The molecule has 0 fully saturated rings. The second-order valence-corrected chi connectivity index (χ2v) is 4.97. The molecule has 122 valence electrons. The van der Waals surface area contributed by atoms with Gasteiger partial charge in [0.25, 0.3) is 0 Å². The number of benzene rings is 1. The summed E-state index contributed by atoms with van der Waals surface area (Å²) in [7, 11) is 1.31. The first-order valence-corrected chi connectivity index (χ1v) is 7.37. The summed E-state index contributed by atoms with van der Waals surface area (Å²) in [4.78, 5) is 25.5. The fourth-order valence-electron chi connectivity index (χ4n) is 1.93. The zero-order valence-corrected chi connectivity index (χ0v) is 13.8. The third-order valence-electron chi connectivity index (χ3n) is 3.06. The van der Waals surface area contributed by atoms with Crippen molar-refractivity contribution in [1.29, 1.82) is 0 Å². The van der Waals surface area contributed by atoms with Crippen molar-refractivity contribution < 1.29 is 19.1 Å². The van der Waals surface area contributed by atoms with Crippen LogP contribution in [-0.4, -0.2) is 43.2 Å². The van der Waals surface area contributed by atoms with Gasteiger partial charge in [0.05, 0.1) is 24.5 Å². The molecule has 1 N–H and O–H groups in total. The Morgan fingerprint density at radius 1 is 1.23 bits per heavy atom. The number of carbonyl (C=O) groups excluding carboxylic acids is 2. The van der Waals surface area contributed by atoms with E-state index in [0.717, 1.165) is 0 Å². The van der Waals surface area contributed by atoms with Gasteiger partial charge in [-0.2, -0.15) is 0 Å². The fourth-order valence-corrected chi connectivity index (χ4v) is 1.93. The zero-order chi connectivity index (χ0) is 16.7. The molecule has 0 aliphatic carbocycles. The monoisotopic (exact) mass is 308 g/mol. The fraction of sp³-hybridized carbons (Fsp3) is 0.500. The molecule has 0 aliphatic rings. The highest BCUT2D eigenvalue weighted by atomic mass is 16.5. The molecule has 6 heteroatoms. The van der Waals surface area contributed by atoms with Crippen molar-refractivity contribution in [3.8, 4) is 5.75 Å². The summed E-state index contributed by atoms with van der Waals surface area (Å²) in [5.74, 6) is 0.0533. The van der Waals surface area contributed by atoms with Crippen molar-refractivity contribution >= 4 is 17.7 Å². The molecule has 0 atom stereocenters. The van der Waals surface area contributed by atoms with E-state index in [1.54, 1.807) is 23.1 Å². The number of amides is 2. The van der Waals surface area contributed by atoms with Crippen LogP contribution >= 0.6 is 0 Å². The average Bonchev–Trinajstić information content (AvgIpc) is 2.49. The molecule has 0 saturated heterocycles. The van der Waals surface area contributed by atoms with Crippen LogP contribution < -0.4 is 10.1 Å². The number of rotatable bonds is 6. The minimum atomic E-state index is -0.463. The standard InChI is InChI=1S/C16H24N2O4/c1-6-18(7-2)16(20)17-13-10-12(15(19)21-5)8-9-14(13)22-11(3)4/h8-11H,6-7H2,1-5H3,(H,17,20). The lowest BCUT2D eigenvalue weighted by Gasteiger charge is -2.21. The van der Waals surface area contributed by atoms with E-state index in [4.69, 9.17) is 9.47 Å². The minimum Gasteiger partial charge on any atom is -0.489 e. The molecule has 0 radical (unpaired) electrons. The summed E-state index contributed by atoms with van der Waals surface area (Å²) in [6, 6.07) is 4.59. The van der Waals surface area contributed by atoms with E-state index in [0.29, 0.717) is 30.1 Å². The molecule has 0 bridgehead atoms. The molecule has 0 spiro atoms. The SMILES string of the molecule is CCN(CC)C(=O)Nc1cc(C(=O)OC)ccc1OC(C)C. The Hall–Kier alpha value is -2.24. The van der Waals surface area contributed by atoms with E-state index < -0.39 is 5.97 Å². The highest BCUT2D eigenvalue weighted by molar-refractivity contribution is 5.95. The van der Waals surface area contributed by atoms with Crippen molar-refractivity contribution in [3.05, 3.63) is 23.8 Å². The smallest absolute Gasteiger partial charge is 0.337 e. The number of hydrogen-bond donors (Lipinski definition) is 1. The Labute approximate surface area is 131 Å². The molecule has 1 aromatic rings. The molecular formula is C16H24N2O4. The number of urea groups is 1. The highest BCUT2D eigenvalue weighted by Gasteiger charge is 2.16. The second-order valence-electron chi connectivity index (χ2n) is 4.97. The van der Waals surface area contributed by atoms with Gasteiger partial charge in [0.1, 0.15) is 5.75 Å². The molecule has 0 aliphatic heterocycles. The van der Waals surface area contributed by atoms with Gasteiger partial charge in [-0.1, -0.05) is 0 Å². The van der Waals surface area contributed by atoms with Crippen LogP contribution in [0.2, 0.25) is 0 Å². The van der Waals surface area contributed by atoms with Gasteiger partial charge in [-0.3, -0.25) is 0 Å². The summed E-state index contributed by atoms with van der Waals surface area (Å²) in [5, 5.41) is 2.79. The first-order chi connectivity index (χ1) is 10.4. The van der Waals surface area contributed by atoms with Crippen molar-refractivity contribution in [2.45, 2.75) is 33.8 Å². The largest absolute Gasteiger partial charge is 0.489 e. The predicted molar refractivity (Wildman–Crippen MR) is 85.5 cm³/mol. The number of carbonyl (C=O) groups is 2. The van der Waals surface area contributed by atoms with Gasteiger partial charge in [-0.05, 0) is 45.9 Å². The molecule has 22 heavy (non-hydrogen) atoms. The quantitative estimate of drug-likeness (QED) is 0.820. The van der Waals surface area contributed by atoms with Crippen molar-refractivity contribution in [2.24, 2.45) is 0 Å². The van der Waals surface area contributed by atoms with Crippen molar-refractivity contribution in [2.75, 3.05) is 25.5 Å². The lowest BCUT2D eigenvalue weighted by molar-refractivity contribution is 0.0600. The maximum Gasteiger partial charge on any atom is 0.337 e. The first kappa shape index (κ1) is 17.8. The average molecular weight is 308 g/mol. The predicted octanol–water partition coefficient (Wildman–Crippen LogP) is 3.13. The van der Waals surface area contributed by atoms with E-state index in [1.165, 1.54) is 7.11 Å². The van der Waals surface area contributed by atoms with Crippen LogP contribution in [-0.2, 0) is 4.74 Å². The zero-order valence-electron chi connectivity index (χ0n) is 13.8. The van der Waals surface area contributed by atoms with E-state index in [-0.39, 0.29) is 12.1 Å². The van der Waals surface area contributed by atoms with Gasteiger partial charge in [-0.25, -0.2) is 9.59 Å². The topological polar surface area (TPSA) is 67.9 Å². The Morgan fingerprint density at radius 3 is 2.36 bits per heavy atom. The summed E-state index contributed by atoms with van der Waals surface area (Å²) >= 11 is 0. The number of anilines is 1. The van der Waals surface area contributed by atoms with E-state index in [2.05, 4.69) is 5.32 Å². The van der Waals surface area contributed by atoms with Crippen molar-refractivity contribution in [3.63, 3.8) is 0 Å². The van der Waals surface area contributed by atoms with Crippen molar-refractivity contribution in [1.82, 2.24) is 4.90 Å². The third-order valence-corrected chi connectivity index (χ3v) is 3.06. The Morgan fingerprint density at radius 2 is 1.86 bits per heavy atom. The lowest BCUT2D eigenvalue weighted by atomic mass is 10.2. The Bertz CT molecular complexity index is 525. The molecule has 0 saturated carbocycles. The van der Waals surface area contributed by atoms with E-state index >= 15 is 0 Å². The number of nitrogens with one attached hydrogen (secondary N) is 1.